The molecule has 0 spiro atoms. The highest BCUT2D eigenvalue weighted by Gasteiger charge is 2.11. The monoisotopic (exact) mass is 293 g/mol. The fraction of sp³-hybridized carbons (Fsp3) is 0.286. The number of rotatable bonds is 5. The topological polar surface area (TPSA) is 67.2 Å². The third-order valence-corrected chi connectivity index (χ3v) is 3.05. The number of carbonyl (C=O) groups is 1. The third-order valence-electron chi connectivity index (χ3n) is 2.82. The standard InChI is InChI=1S/C14H16ClN3O2/c1-10(9-19)8-16-14(20)13-5-6-18(17-13)12-4-2-3-11(15)7-12/h2-7,10,19H,8-9H2,1H3,(H,16,20). The van der Waals surface area contributed by atoms with E-state index in [0.717, 1.165) is 5.69 Å². The van der Waals surface area contributed by atoms with Crippen LogP contribution in [0.5, 0.6) is 0 Å². The van der Waals surface area contributed by atoms with E-state index in [-0.39, 0.29) is 18.4 Å². The van der Waals surface area contributed by atoms with Crippen LogP contribution in [0.1, 0.15) is 17.4 Å². The summed E-state index contributed by atoms with van der Waals surface area (Å²) in [7, 11) is 0. The van der Waals surface area contributed by atoms with Crippen molar-refractivity contribution in [3.05, 3.63) is 47.2 Å². The Morgan fingerprint density at radius 3 is 3.00 bits per heavy atom. The van der Waals surface area contributed by atoms with Gasteiger partial charge in [-0.3, -0.25) is 4.79 Å². The van der Waals surface area contributed by atoms with Gasteiger partial charge in [0, 0.05) is 24.4 Å². The molecule has 1 aromatic carbocycles. The fourth-order valence-electron chi connectivity index (χ4n) is 1.63. The lowest BCUT2D eigenvalue weighted by Gasteiger charge is -2.08. The highest BCUT2D eigenvalue weighted by Crippen LogP contribution is 2.14. The minimum absolute atomic E-state index is 0.0222. The van der Waals surface area contributed by atoms with E-state index in [1.165, 1.54) is 0 Å². The summed E-state index contributed by atoms with van der Waals surface area (Å²) in [4.78, 5) is 11.9. The molecule has 1 unspecified atom stereocenters. The number of halogens is 1. The van der Waals surface area contributed by atoms with Gasteiger partial charge in [0.05, 0.1) is 5.69 Å². The van der Waals surface area contributed by atoms with Crippen LogP contribution in [0.15, 0.2) is 36.5 Å². The maximum atomic E-state index is 11.9. The van der Waals surface area contributed by atoms with Crippen LogP contribution >= 0.6 is 11.6 Å². The van der Waals surface area contributed by atoms with Crippen LogP contribution in [-0.4, -0.2) is 33.9 Å². The SMILES string of the molecule is CC(CO)CNC(=O)c1ccn(-c2cccc(Cl)c2)n1. The largest absolute Gasteiger partial charge is 0.396 e. The van der Waals surface area contributed by atoms with Crippen molar-refractivity contribution in [1.82, 2.24) is 15.1 Å². The minimum Gasteiger partial charge on any atom is -0.396 e. The predicted molar refractivity (Wildman–Crippen MR) is 77.2 cm³/mol. The van der Waals surface area contributed by atoms with Crippen LogP contribution in [0.3, 0.4) is 0 Å². The first kappa shape index (κ1) is 14.6. The van der Waals surface area contributed by atoms with Gasteiger partial charge in [-0.15, -0.1) is 0 Å². The zero-order valence-corrected chi connectivity index (χ0v) is 11.8. The first-order valence-electron chi connectivity index (χ1n) is 6.31. The zero-order chi connectivity index (χ0) is 14.5. The minimum atomic E-state index is -0.258. The molecule has 1 heterocycles. The molecule has 0 aliphatic heterocycles. The average molecular weight is 294 g/mol. The van der Waals surface area contributed by atoms with Crippen LogP contribution in [-0.2, 0) is 0 Å². The number of benzene rings is 1. The molecule has 0 aliphatic rings. The Labute approximate surface area is 122 Å². The maximum Gasteiger partial charge on any atom is 0.271 e. The molecule has 2 rings (SSSR count). The summed E-state index contributed by atoms with van der Waals surface area (Å²) in [5.74, 6) is -0.236. The van der Waals surface area contributed by atoms with Crippen LogP contribution in [0.4, 0.5) is 0 Å². The van der Waals surface area contributed by atoms with E-state index in [2.05, 4.69) is 10.4 Å². The maximum absolute atomic E-state index is 11.9. The molecule has 1 aromatic heterocycles. The Balaban J connectivity index is 2.07. The lowest BCUT2D eigenvalue weighted by atomic mass is 10.2. The van der Waals surface area contributed by atoms with Gasteiger partial charge in [-0.2, -0.15) is 5.10 Å². The molecule has 6 heteroatoms. The van der Waals surface area contributed by atoms with Gasteiger partial charge in [0.2, 0.25) is 0 Å². The molecule has 20 heavy (non-hydrogen) atoms. The second-order valence-electron chi connectivity index (χ2n) is 4.62. The summed E-state index contributed by atoms with van der Waals surface area (Å²) in [6, 6.07) is 8.86. The van der Waals surface area contributed by atoms with Gasteiger partial charge in [0.15, 0.2) is 5.69 Å². The molecule has 1 amide bonds. The van der Waals surface area contributed by atoms with E-state index in [4.69, 9.17) is 16.7 Å². The Bertz CT molecular complexity index is 598. The number of aliphatic hydroxyl groups excluding tert-OH is 1. The van der Waals surface area contributed by atoms with Crippen LogP contribution in [0.2, 0.25) is 5.02 Å². The van der Waals surface area contributed by atoms with Crippen molar-refractivity contribution < 1.29 is 9.90 Å². The number of hydrogen-bond acceptors (Lipinski definition) is 3. The molecular formula is C14H16ClN3O2. The summed E-state index contributed by atoms with van der Waals surface area (Å²) in [6.45, 7) is 2.31. The van der Waals surface area contributed by atoms with Gasteiger partial charge in [0.25, 0.3) is 5.91 Å². The van der Waals surface area contributed by atoms with Crippen LogP contribution in [0, 0.1) is 5.92 Å². The summed E-state index contributed by atoms with van der Waals surface area (Å²) in [5.41, 5.74) is 1.12. The molecule has 2 aromatic rings. The third kappa shape index (κ3) is 3.59. The predicted octanol–water partition coefficient (Wildman–Crippen LogP) is 1.88. The van der Waals surface area contributed by atoms with E-state index >= 15 is 0 Å². The molecular weight excluding hydrogens is 278 g/mol. The molecule has 0 saturated heterocycles. The second-order valence-corrected chi connectivity index (χ2v) is 5.06. The quantitative estimate of drug-likeness (QED) is 0.884. The van der Waals surface area contributed by atoms with Crippen molar-refractivity contribution in [2.45, 2.75) is 6.92 Å². The molecule has 5 nitrogen and oxygen atoms in total. The van der Waals surface area contributed by atoms with Gasteiger partial charge in [-0.05, 0) is 30.2 Å². The molecule has 0 saturated carbocycles. The van der Waals surface area contributed by atoms with Crippen molar-refractivity contribution in [2.24, 2.45) is 5.92 Å². The highest BCUT2D eigenvalue weighted by molar-refractivity contribution is 6.30. The molecule has 0 bridgehead atoms. The first-order valence-corrected chi connectivity index (χ1v) is 6.68. The van der Waals surface area contributed by atoms with Crippen molar-refractivity contribution in [3.63, 3.8) is 0 Å². The van der Waals surface area contributed by atoms with E-state index in [1.54, 1.807) is 29.1 Å². The number of nitrogens with one attached hydrogen (secondary N) is 1. The Hall–Kier alpha value is -1.85. The highest BCUT2D eigenvalue weighted by atomic mass is 35.5. The lowest BCUT2D eigenvalue weighted by Crippen LogP contribution is -2.29. The molecule has 0 fully saturated rings. The Morgan fingerprint density at radius 1 is 1.50 bits per heavy atom. The van der Waals surface area contributed by atoms with Gasteiger partial charge >= 0.3 is 0 Å². The van der Waals surface area contributed by atoms with Crippen molar-refractivity contribution in [1.29, 1.82) is 0 Å². The number of aromatic nitrogens is 2. The fourth-order valence-corrected chi connectivity index (χ4v) is 1.81. The molecule has 0 radical (unpaired) electrons. The Morgan fingerprint density at radius 2 is 2.30 bits per heavy atom. The van der Waals surface area contributed by atoms with Gasteiger partial charge in [0.1, 0.15) is 0 Å². The van der Waals surface area contributed by atoms with E-state index < -0.39 is 0 Å². The van der Waals surface area contributed by atoms with E-state index in [0.29, 0.717) is 17.3 Å². The summed E-state index contributed by atoms with van der Waals surface area (Å²) < 4.78 is 1.59. The number of aliphatic hydroxyl groups is 1. The van der Waals surface area contributed by atoms with Crippen molar-refractivity contribution in [3.8, 4) is 5.69 Å². The van der Waals surface area contributed by atoms with Gasteiger partial charge in [-0.1, -0.05) is 24.6 Å². The first-order chi connectivity index (χ1) is 9.60. The van der Waals surface area contributed by atoms with Crippen molar-refractivity contribution >= 4 is 17.5 Å². The zero-order valence-electron chi connectivity index (χ0n) is 11.1. The summed E-state index contributed by atoms with van der Waals surface area (Å²) in [6.07, 6.45) is 1.70. The molecule has 1 atom stereocenters. The number of amides is 1. The number of carbonyl (C=O) groups excluding carboxylic acids is 1. The number of hydrogen-bond donors (Lipinski definition) is 2. The average Bonchev–Trinajstić information content (AvgIpc) is 2.94. The lowest BCUT2D eigenvalue weighted by molar-refractivity contribution is 0.0937. The normalized spacial score (nSPS) is 12.2. The van der Waals surface area contributed by atoms with Gasteiger partial charge < -0.3 is 10.4 Å². The second kappa shape index (κ2) is 6.54. The van der Waals surface area contributed by atoms with Crippen LogP contribution in [0.25, 0.3) is 5.69 Å². The Kier molecular flexibility index (Phi) is 4.76. The van der Waals surface area contributed by atoms with E-state index in [9.17, 15) is 4.79 Å². The van der Waals surface area contributed by atoms with Crippen molar-refractivity contribution in [2.75, 3.05) is 13.2 Å². The van der Waals surface area contributed by atoms with Crippen LogP contribution < -0.4 is 5.32 Å². The summed E-state index contributed by atoms with van der Waals surface area (Å²) in [5, 5.41) is 16.5. The molecule has 2 N–H and O–H groups in total. The number of nitrogens with zero attached hydrogens (tertiary/aromatic N) is 2. The smallest absolute Gasteiger partial charge is 0.271 e. The summed E-state index contributed by atoms with van der Waals surface area (Å²) >= 11 is 5.92. The molecule has 106 valence electrons. The van der Waals surface area contributed by atoms with E-state index in [1.807, 2.05) is 19.1 Å². The van der Waals surface area contributed by atoms with Gasteiger partial charge in [-0.25, -0.2) is 4.68 Å². The molecule has 0 aliphatic carbocycles.